The zero-order valence-electron chi connectivity index (χ0n) is 8.24. The maximum absolute atomic E-state index is 11.2. The molecule has 0 spiro atoms. The van der Waals surface area contributed by atoms with Gasteiger partial charge in [0.15, 0.2) is 0 Å². The second-order valence-corrected chi connectivity index (χ2v) is 5.63. The molecule has 1 aromatic rings. The maximum Gasteiger partial charge on any atom is 0.345 e. The normalized spacial score (nSPS) is 11.3. The summed E-state index contributed by atoms with van der Waals surface area (Å²) in [5.74, 6) is -0.329. The lowest BCUT2D eigenvalue weighted by molar-refractivity contribution is -0.135. The van der Waals surface area contributed by atoms with Crippen LogP contribution >= 0.6 is 39.0 Å². The van der Waals surface area contributed by atoms with Crippen molar-refractivity contribution in [2.75, 3.05) is 18.7 Å². The average Bonchev–Trinajstić information content (AvgIpc) is 2.64. The highest BCUT2D eigenvalue weighted by atomic mass is 79.9. The number of nitrogens with one attached hydrogen (secondary N) is 1. The van der Waals surface area contributed by atoms with Gasteiger partial charge in [0.25, 0.3) is 0 Å². The number of halogens is 1. The Morgan fingerprint density at radius 2 is 2.47 bits per heavy atom. The molecule has 0 unspecified atom stereocenters. The summed E-state index contributed by atoms with van der Waals surface area (Å²) in [5, 5.41) is 4.98. The Hall–Kier alpha value is -0.460. The van der Waals surface area contributed by atoms with E-state index in [1.165, 1.54) is 18.9 Å². The summed E-state index contributed by atoms with van der Waals surface area (Å²) in [6.45, 7) is 0. The molecular weight excluding hydrogens is 298 g/mol. The van der Waals surface area contributed by atoms with Crippen molar-refractivity contribution in [1.29, 1.82) is 0 Å². The molecule has 3 nitrogen and oxygen atoms in total. The fourth-order valence-electron chi connectivity index (χ4n) is 0.836. The van der Waals surface area contributed by atoms with Crippen LogP contribution in [0.1, 0.15) is 0 Å². The first-order valence-corrected chi connectivity index (χ1v) is 6.90. The van der Waals surface area contributed by atoms with Gasteiger partial charge in [0, 0.05) is 11.6 Å². The summed E-state index contributed by atoms with van der Waals surface area (Å²) in [5.41, 5.74) is 0.947. The molecule has 1 heterocycles. The third-order valence-corrected chi connectivity index (χ3v) is 3.77. The Bertz CT molecular complexity index is 376. The summed E-state index contributed by atoms with van der Waals surface area (Å²) in [7, 11) is 1.37. The van der Waals surface area contributed by atoms with Gasteiger partial charge in [-0.15, -0.1) is 23.1 Å². The van der Waals surface area contributed by atoms with Gasteiger partial charge in [-0.2, -0.15) is 0 Å². The highest BCUT2D eigenvalue weighted by molar-refractivity contribution is 9.11. The van der Waals surface area contributed by atoms with Gasteiger partial charge in [-0.05, 0) is 28.3 Å². The predicted molar refractivity (Wildman–Crippen MR) is 69.3 cm³/mol. The lowest BCUT2D eigenvalue weighted by Gasteiger charge is -2.02. The number of thioether (sulfide) groups is 1. The Morgan fingerprint density at radius 1 is 1.73 bits per heavy atom. The quantitative estimate of drug-likeness (QED) is 0.684. The highest BCUT2D eigenvalue weighted by Gasteiger charge is 2.07. The number of methoxy groups -OCH3 is 1. The average molecular weight is 308 g/mol. The lowest BCUT2D eigenvalue weighted by atomic mass is 10.5. The molecular formula is C9H10BrNO2S2. The van der Waals surface area contributed by atoms with Crippen molar-refractivity contribution in [2.24, 2.45) is 0 Å². The lowest BCUT2D eigenvalue weighted by Crippen LogP contribution is -2.03. The van der Waals surface area contributed by atoms with E-state index in [-0.39, 0.29) is 5.97 Å². The molecule has 1 aromatic heterocycles. The number of anilines is 1. The van der Waals surface area contributed by atoms with E-state index >= 15 is 0 Å². The standard InChI is InChI=1S/C9H10BrNO2S2/c1-13-9(12)7(14-2)4-11-6-3-8(10)15-5-6/h3-5,11H,1-2H3/b7-4-. The molecule has 0 amide bonds. The van der Waals surface area contributed by atoms with Gasteiger partial charge in [-0.25, -0.2) is 4.79 Å². The molecule has 0 aliphatic carbocycles. The second-order valence-electron chi connectivity index (χ2n) is 2.49. The zero-order chi connectivity index (χ0) is 11.3. The molecule has 1 N–H and O–H groups in total. The van der Waals surface area contributed by atoms with Crippen molar-refractivity contribution in [3.8, 4) is 0 Å². The maximum atomic E-state index is 11.2. The monoisotopic (exact) mass is 307 g/mol. The van der Waals surface area contributed by atoms with Crippen LogP contribution in [0.4, 0.5) is 5.69 Å². The number of esters is 1. The van der Waals surface area contributed by atoms with Crippen molar-refractivity contribution in [3.05, 3.63) is 26.3 Å². The molecule has 0 atom stereocenters. The van der Waals surface area contributed by atoms with Crippen LogP contribution in [0.15, 0.2) is 26.3 Å². The first kappa shape index (κ1) is 12.6. The summed E-state index contributed by atoms with van der Waals surface area (Å²) in [4.78, 5) is 11.8. The number of carbonyl (C=O) groups is 1. The van der Waals surface area contributed by atoms with Gasteiger partial charge in [0.1, 0.15) is 4.91 Å². The van der Waals surface area contributed by atoms with Crippen molar-refractivity contribution in [2.45, 2.75) is 0 Å². The van der Waals surface area contributed by atoms with Crippen LogP contribution in [0.5, 0.6) is 0 Å². The van der Waals surface area contributed by atoms with Gasteiger partial charge in [0.2, 0.25) is 0 Å². The van der Waals surface area contributed by atoms with Crippen LogP contribution in [0.25, 0.3) is 0 Å². The Balaban J connectivity index is 2.66. The van der Waals surface area contributed by atoms with E-state index < -0.39 is 0 Å². The molecule has 0 aromatic carbocycles. The van der Waals surface area contributed by atoms with Crippen molar-refractivity contribution in [3.63, 3.8) is 0 Å². The first-order valence-electron chi connectivity index (χ1n) is 4.00. The molecule has 0 fully saturated rings. The minimum atomic E-state index is -0.329. The van der Waals surface area contributed by atoms with Crippen molar-refractivity contribution in [1.82, 2.24) is 0 Å². The third-order valence-electron chi connectivity index (χ3n) is 1.54. The SMILES string of the molecule is COC(=O)/C(=C/Nc1csc(Br)c1)SC. The minimum absolute atomic E-state index is 0.329. The molecule has 1 rings (SSSR count). The van der Waals surface area contributed by atoms with Crippen LogP contribution in [0, 0.1) is 0 Å². The second kappa shape index (κ2) is 6.19. The number of hydrogen-bond acceptors (Lipinski definition) is 5. The molecule has 0 aliphatic rings. The molecule has 0 bridgehead atoms. The van der Waals surface area contributed by atoms with Crippen LogP contribution < -0.4 is 5.32 Å². The zero-order valence-corrected chi connectivity index (χ0v) is 11.5. The Labute approximate surface area is 105 Å². The molecule has 0 aliphatic heterocycles. The van der Waals surface area contributed by atoms with E-state index in [1.54, 1.807) is 17.5 Å². The van der Waals surface area contributed by atoms with Crippen LogP contribution in [0.3, 0.4) is 0 Å². The van der Waals surface area contributed by atoms with Crippen LogP contribution in [-0.4, -0.2) is 19.3 Å². The minimum Gasteiger partial charge on any atom is -0.465 e. The molecule has 6 heteroatoms. The molecule has 0 saturated carbocycles. The fourth-order valence-corrected chi connectivity index (χ4v) is 2.36. The number of rotatable bonds is 4. The van der Waals surface area contributed by atoms with Gasteiger partial charge < -0.3 is 10.1 Å². The number of carbonyl (C=O) groups excluding carboxylic acids is 1. The van der Waals surface area contributed by atoms with Crippen LogP contribution in [-0.2, 0) is 9.53 Å². The van der Waals surface area contributed by atoms with Gasteiger partial charge in [-0.1, -0.05) is 0 Å². The summed E-state index contributed by atoms with van der Waals surface area (Å²) >= 11 is 6.28. The highest BCUT2D eigenvalue weighted by Crippen LogP contribution is 2.25. The summed E-state index contributed by atoms with van der Waals surface area (Å²) < 4.78 is 5.67. The topological polar surface area (TPSA) is 38.3 Å². The van der Waals surface area contributed by atoms with E-state index in [9.17, 15) is 4.79 Å². The summed E-state index contributed by atoms with van der Waals surface area (Å²) in [6, 6.07) is 1.94. The summed E-state index contributed by atoms with van der Waals surface area (Å²) in [6.07, 6.45) is 3.47. The van der Waals surface area contributed by atoms with E-state index in [1.807, 2.05) is 17.7 Å². The third kappa shape index (κ3) is 3.89. The van der Waals surface area contributed by atoms with E-state index in [0.717, 1.165) is 9.47 Å². The van der Waals surface area contributed by atoms with Gasteiger partial charge >= 0.3 is 5.97 Å². The molecule has 15 heavy (non-hydrogen) atoms. The van der Waals surface area contributed by atoms with Gasteiger partial charge in [-0.3, -0.25) is 0 Å². The fraction of sp³-hybridized carbons (Fsp3) is 0.222. The largest absolute Gasteiger partial charge is 0.465 e. The predicted octanol–water partition coefficient (Wildman–Crippen LogP) is 3.30. The van der Waals surface area contributed by atoms with E-state index in [0.29, 0.717) is 4.91 Å². The first-order chi connectivity index (χ1) is 7.17. The number of thiophene rings is 1. The molecule has 82 valence electrons. The Morgan fingerprint density at radius 3 is 2.93 bits per heavy atom. The molecule has 0 radical (unpaired) electrons. The van der Waals surface area contributed by atoms with Crippen molar-refractivity contribution < 1.29 is 9.53 Å². The van der Waals surface area contributed by atoms with Gasteiger partial charge in [0.05, 0.1) is 16.6 Å². The van der Waals surface area contributed by atoms with Crippen LogP contribution in [0.2, 0.25) is 0 Å². The van der Waals surface area contributed by atoms with E-state index in [2.05, 4.69) is 26.0 Å². The smallest absolute Gasteiger partial charge is 0.345 e. The Kier molecular flexibility index (Phi) is 5.21. The number of hydrogen-bond donors (Lipinski definition) is 1. The number of ether oxygens (including phenoxy) is 1. The molecule has 0 saturated heterocycles. The van der Waals surface area contributed by atoms with E-state index in [4.69, 9.17) is 0 Å². The van der Waals surface area contributed by atoms with Crippen molar-refractivity contribution >= 4 is 50.7 Å².